The highest BCUT2D eigenvalue weighted by Gasteiger charge is 2.19. The first-order valence-electron chi connectivity index (χ1n) is 10.2. The van der Waals surface area contributed by atoms with E-state index in [0.717, 1.165) is 49.0 Å². The van der Waals surface area contributed by atoms with Crippen molar-refractivity contribution in [3.63, 3.8) is 0 Å². The van der Waals surface area contributed by atoms with Crippen LogP contribution >= 0.6 is 0 Å². The van der Waals surface area contributed by atoms with E-state index in [1.165, 1.54) is 0 Å². The zero-order chi connectivity index (χ0) is 20.6. The van der Waals surface area contributed by atoms with Gasteiger partial charge in [-0.25, -0.2) is 0 Å². The summed E-state index contributed by atoms with van der Waals surface area (Å²) in [7, 11) is 1.96. The van der Waals surface area contributed by atoms with Gasteiger partial charge < -0.3 is 19.7 Å². The van der Waals surface area contributed by atoms with E-state index in [1.54, 1.807) is 0 Å². The summed E-state index contributed by atoms with van der Waals surface area (Å²) in [4.78, 5) is 17.0. The van der Waals surface area contributed by atoms with E-state index in [1.807, 2.05) is 62.2 Å². The molecule has 1 aliphatic rings. The van der Waals surface area contributed by atoms with Gasteiger partial charge in [-0.2, -0.15) is 0 Å². The van der Waals surface area contributed by atoms with Crippen LogP contribution in [0.2, 0.25) is 0 Å². The summed E-state index contributed by atoms with van der Waals surface area (Å²) < 4.78 is 10.9. The van der Waals surface area contributed by atoms with E-state index in [9.17, 15) is 4.79 Å². The number of anilines is 2. The molecule has 1 aliphatic heterocycles. The fraction of sp³-hybridized carbons (Fsp3) is 0.435. The minimum absolute atomic E-state index is 0.0161. The molecule has 2 aromatic rings. The second kappa shape index (κ2) is 10.3. The molecule has 2 aromatic carbocycles. The van der Waals surface area contributed by atoms with E-state index in [2.05, 4.69) is 22.3 Å². The predicted octanol–water partition coefficient (Wildman–Crippen LogP) is 3.38. The van der Waals surface area contributed by atoms with Crippen LogP contribution in [0, 0.1) is 0 Å². The number of benzene rings is 2. The van der Waals surface area contributed by atoms with Gasteiger partial charge in [0.25, 0.3) is 0 Å². The largest absolute Gasteiger partial charge is 0.494 e. The Kier molecular flexibility index (Phi) is 7.49. The van der Waals surface area contributed by atoms with Gasteiger partial charge in [-0.3, -0.25) is 9.69 Å². The lowest BCUT2D eigenvalue weighted by atomic mass is 10.1. The Bertz CT molecular complexity index is 771. The highest BCUT2D eigenvalue weighted by Crippen LogP contribution is 2.20. The van der Waals surface area contributed by atoms with Gasteiger partial charge in [-0.1, -0.05) is 12.1 Å². The van der Waals surface area contributed by atoms with E-state index >= 15 is 0 Å². The fourth-order valence-electron chi connectivity index (χ4n) is 3.31. The third kappa shape index (κ3) is 5.95. The van der Waals surface area contributed by atoms with E-state index in [-0.39, 0.29) is 11.9 Å². The number of rotatable bonds is 8. The number of hydrogen-bond acceptors (Lipinski definition) is 5. The number of nitrogens with zero attached hydrogens (tertiary/aromatic N) is 2. The molecule has 1 heterocycles. The number of nitrogens with one attached hydrogen (secondary N) is 1. The molecule has 0 unspecified atom stereocenters. The molecule has 1 atom stereocenters. The molecule has 29 heavy (non-hydrogen) atoms. The lowest BCUT2D eigenvalue weighted by Gasteiger charge is -2.29. The number of ether oxygens (including phenoxy) is 2. The van der Waals surface area contributed by atoms with Gasteiger partial charge in [0.1, 0.15) is 5.75 Å². The third-order valence-corrected chi connectivity index (χ3v) is 5.22. The number of morpholine rings is 1. The predicted molar refractivity (Wildman–Crippen MR) is 117 cm³/mol. The average Bonchev–Trinajstić information content (AvgIpc) is 2.76. The van der Waals surface area contributed by atoms with Crippen LogP contribution in [0.1, 0.15) is 19.4 Å². The Morgan fingerprint density at radius 2 is 1.79 bits per heavy atom. The van der Waals surface area contributed by atoms with Crippen LogP contribution in [0.25, 0.3) is 0 Å². The number of amides is 1. The molecule has 1 N–H and O–H groups in total. The Balaban J connectivity index is 1.52. The van der Waals surface area contributed by atoms with Crippen molar-refractivity contribution < 1.29 is 14.3 Å². The second-order valence-corrected chi connectivity index (χ2v) is 7.30. The monoisotopic (exact) mass is 397 g/mol. The van der Waals surface area contributed by atoms with Gasteiger partial charge in [-0.15, -0.1) is 0 Å². The van der Waals surface area contributed by atoms with Gasteiger partial charge in [0.15, 0.2) is 0 Å². The maximum Gasteiger partial charge on any atom is 0.241 e. The summed E-state index contributed by atoms with van der Waals surface area (Å²) in [5.74, 6) is 0.850. The fourth-order valence-corrected chi connectivity index (χ4v) is 3.31. The van der Waals surface area contributed by atoms with Crippen LogP contribution in [0.15, 0.2) is 48.5 Å². The molecule has 1 amide bonds. The molecule has 0 aromatic heterocycles. The standard InChI is InChI=1S/C23H31N3O3/c1-4-29-22-11-5-19(6-12-22)17-25(3)18(2)23(27)24-20-7-9-21(10-8-20)26-13-15-28-16-14-26/h5-12,18H,4,13-17H2,1-3H3,(H,24,27)/t18-/m1/s1. The summed E-state index contributed by atoms with van der Waals surface area (Å²) in [5.41, 5.74) is 3.12. The molecule has 3 rings (SSSR count). The minimum atomic E-state index is -0.250. The molecule has 0 aliphatic carbocycles. The van der Waals surface area contributed by atoms with Gasteiger partial charge in [0.05, 0.1) is 25.9 Å². The van der Waals surface area contributed by atoms with Gasteiger partial charge in [-0.05, 0) is 62.9 Å². The Hall–Kier alpha value is -2.57. The van der Waals surface area contributed by atoms with Crippen molar-refractivity contribution in [2.75, 3.05) is 50.2 Å². The highest BCUT2D eigenvalue weighted by atomic mass is 16.5. The maximum atomic E-state index is 12.7. The van der Waals surface area contributed by atoms with Crippen LogP contribution in [0.3, 0.4) is 0 Å². The van der Waals surface area contributed by atoms with Crippen LogP contribution in [-0.2, 0) is 16.1 Å². The molecule has 156 valence electrons. The molecule has 0 radical (unpaired) electrons. The maximum absolute atomic E-state index is 12.7. The minimum Gasteiger partial charge on any atom is -0.494 e. The summed E-state index contributed by atoms with van der Waals surface area (Å²) in [6.45, 7) is 8.57. The van der Waals surface area contributed by atoms with E-state index < -0.39 is 0 Å². The molecular weight excluding hydrogens is 366 g/mol. The van der Waals surface area contributed by atoms with Crippen molar-refractivity contribution in [1.29, 1.82) is 0 Å². The van der Waals surface area contributed by atoms with Crippen LogP contribution < -0.4 is 15.0 Å². The van der Waals surface area contributed by atoms with Gasteiger partial charge in [0.2, 0.25) is 5.91 Å². The van der Waals surface area contributed by atoms with Crippen molar-refractivity contribution in [1.82, 2.24) is 4.90 Å². The summed E-state index contributed by atoms with van der Waals surface area (Å²) in [6, 6.07) is 15.8. The number of carbonyl (C=O) groups is 1. The second-order valence-electron chi connectivity index (χ2n) is 7.30. The summed E-state index contributed by atoms with van der Waals surface area (Å²) >= 11 is 0. The first kappa shape index (κ1) is 21.1. The topological polar surface area (TPSA) is 54.0 Å². The molecule has 0 spiro atoms. The number of hydrogen-bond donors (Lipinski definition) is 1. The molecule has 1 fully saturated rings. The third-order valence-electron chi connectivity index (χ3n) is 5.22. The van der Waals surface area contributed by atoms with Crippen molar-refractivity contribution >= 4 is 17.3 Å². The lowest BCUT2D eigenvalue weighted by molar-refractivity contribution is -0.120. The first-order chi connectivity index (χ1) is 14.1. The number of likely N-dealkylation sites (N-methyl/N-ethyl adjacent to an activating group) is 1. The Morgan fingerprint density at radius 3 is 2.41 bits per heavy atom. The van der Waals surface area contributed by atoms with Gasteiger partial charge >= 0.3 is 0 Å². The molecule has 0 bridgehead atoms. The SMILES string of the molecule is CCOc1ccc(CN(C)[C@H](C)C(=O)Nc2ccc(N3CCOCC3)cc2)cc1. The molecule has 6 heteroatoms. The Labute approximate surface area is 173 Å². The van der Waals surface area contributed by atoms with Crippen molar-refractivity contribution in [3.05, 3.63) is 54.1 Å². The molecule has 6 nitrogen and oxygen atoms in total. The highest BCUT2D eigenvalue weighted by molar-refractivity contribution is 5.94. The van der Waals surface area contributed by atoms with E-state index in [4.69, 9.17) is 9.47 Å². The molecular formula is C23H31N3O3. The lowest BCUT2D eigenvalue weighted by Crippen LogP contribution is -2.39. The average molecular weight is 398 g/mol. The van der Waals surface area contributed by atoms with Crippen molar-refractivity contribution in [2.45, 2.75) is 26.4 Å². The molecule has 1 saturated heterocycles. The smallest absolute Gasteiger partial charge is 0.241 e. The summed E-state index contributed by atoms with van der Waals surface area (Å²) in [6.07, 6.45) is 0. The van der Waals surface area contributed by atoms with Gasteiger partial charge in [0, 0.05) is 31.0 Å². The molecule has 0 saturated carbocycles. The first-order valence-corrected chi connectivity index (χ1v) is 10.2. The number of carbonyl (C=O) groups excluding carboxylic acids is 1. The normalized spacial score (nSPS) is 15.2. The zero-order valence-corrected chi connectivity index (χ0v) is 17.6. The summed E-state index contributed by atoms with van der Waals surface area (Å²) in [5, 5.41) is 3.02. The Morgan fingerprint density at radius 1 is 1.14 bits per heavy atom. The van der Waals surface area contributed by atoms with Crippen LogP contribution in [0.5, 0.6) is 5.75 Å². The van der Waals surface area contributed by atoms with Crippen molar-refractivity contribution in [2.24, 2.45) is 0 Å². The van der Waals surface area contributed by atoms with Crippen LogP contribution in [-0.4, -0.2) is 56.8 Å². The van der Waals surface area contributed by atoms with Crippen LogP contribution in [0.4, 0.5) is 11.4 Å². The van der Waals surface area contributed by atoms with Crippen molar-refractivity contribution in [3.8, 4) is 5.75 Å². The quantitative estimate of drug-likeness (QED) is 0.740. The van der Waals surface area contributed by atoms with E-state index in [0.29, 0.717) is 13.2 Å². The zero-order valence-electron chi connectivity index (χ0n) is 17.6.